The quantitative estimate of drug-likeness (QED) is 0.760. The van der Waals surface area contributed by atoms with Gasteiger partial charge in [-0.2, -0.15) is 0 Å². The number of hydrogen-bond donors (Lipinski definition) is 2. The Morgan fingerprint density at radius 1 is 1.28 bits per heavy atom. The Labute approximate surface area is 106 Å². The molecule has 0 heterocycles. The molecule has 0 saturated carbocycles. The number of para-hydroxylation sites is 1. The van der Waals surface area contributed by atoms with Crippen LogP contribution in [0.5, 0.6) is 0 Å². The zero-order valence-corrected chi connectivity index (χ0v) is 10.4. The lowest BCUT2D eigenvalue weighted by molar-refractivity contribution is -0.135. The first-order valence-electron chi connectivity index (χ1n) is 5.86. The summed E-state index contributed by atoms with van der Waals surface area (Å²) in [5, 5.41) is 11.4. The fourth-order valence-electron chi connectivity index (χ4n) is 1.66. The van der Waals surface area contributed by atoms with Gasteiger partial charge in [-0.1, -0.05) is 18.2 Å². The predicted molar refractivity (Wildman–Crippen MR) is 69.6 cm³/mol. The van der Waals surface area contributed by atoms with E-state index in [-0.39, 0.29) is 12.5 Å². The van der Waals surface area contributed by atoms with E-state index in [2.05, 4.69) is 5.32 Å². The normalized spacial score (nSPS) is 9.83. The van der Waals surface area contributed by atoms with Gasteiger partial charge in [0.15, 0.2) is 0 Å². The van der Waals surface area contributed by atoms with Gasteiger partial charge in [-0.15, -0.1) is 0 Å². The standard InChI is InChI=1S/C13H18N2O3/c1-14-12(16)8-5-9-15(10-13(17)18)11-6-3-2-4-7-11/h2-4,6-7H,5,8-10H2,1H3,(H,14,16)(H,17,18). The maximum Gasteiger partial charge on any atom is 0.323 e. The minimum absolute atomic E-state index is 0.0293. The predicted octanol–water partition coefficient (Wildman–Crippen LogP) is 1.10. The molecule has 1 amide bonds. The highest BCUT2D eigenvalue weighted by Crippen LogP contribution is 2.13. The third kappa shape index (κ3) is 4.86. The van der Waals surface area contributed by atoms with E-state index in [1.54, 1.807) is 11.9 Å². The number of carbonyl (C=O) groups excluding carboxylic acids is 1. The summed E-state index contributed by atoms with van der Waals surface area (Å²) < 4.78 is 0. The molecule has 2 N–H and O–H groups in total. The second-order valence-electron chi connectivity index (χ2n) is 3.93. The third-order valence-corrected chi connectivity index (χ3v) is 2.56. The Hall–Kier alpha value is -2.04. The van der Waals surface area contributed by atoms with Gasteiger partial charge >= 0.3 is 5.97 Å². The average molecular weight is 250 g/mol. The van der Waals surface area contributed by atoms with E-state index in [1.807, 2.05) is 30.3 Å². The molecule has 0 aromatic heterocycles. The molecule has 18 heavy (non-hydrogen) atoms. The van der Waals surface area contributed by atoms with E-state index in [1.165, 1.54) is 0 Å². The summed E-state index contributed by atoms with van der Waals surface area (Å²) in [4.78, 5) is 23.7. The van der Waals surface area contributed by atoms with Gasteiger partial charge in [0.1, 0.15) is 6.54 Å². The maximum absolute atomic E-state index is 11.1. The van der Waals surface area contributed by atoms with Gasteiger partial charge < -0.3 is 15.3 Å². The van der Waals surface area contributed by atoms with Gasteiger partial charge in [0.2, 0.25) is 5.91 Å². The van der Waals surface area contributed by atoms with Crippen molar-refractivity contribution in [3.05, 3.63) is 30.3 Å². The number of benzene rings is 1. The minimum Gasteiger partial charge on any atom is -0.480 e. The summed E-state index contributed by atoms with van der Waals surface area (Å²) in [6, 6.07) is 9.34. The van der Waals surface area contributed by atoms with Crippen LogP contribution in [0.25, 0.3) is 0 Å². The lowest BCUT2D eigenvalue weighted by atomic mass is 10.2. The molecule has 5 heteroatoms. The fraction of sp³-hybridized carbons (Fsp3) is 0.385. The summed E-state index contributed by atoms with van der Waals surface area (Å²) >= 11 is 0. The molecule has 0 fully saturated rings. The molecule has 1 aromatic carbocycles. The Morgan fingerprint density at radius 2 is 1.94 bits per heavy atom. The van der Waals surface area contributed by atoms with Crippen LogP contribution in [0.4, 0.5) is 5.69 Å². The summed E-state index contributed by atoms with van der Waals surface area (Å²) in [5.74, 6) is -0.905. The largest absolute Gasteiger partial charge is 0.480 e. The van der Waals surface area contributed by atoms with Crippen molar-refractivity contribution >= 4 is 17.6 Å². The molecule has 0 unspecified atom stereocenters. The Morgan fingerprint density at radius 3 is 2.50 bits per heavy atom. The van der Waals surface area contributed by atoms with Gasteiger partial charge in [0, 0.05) is 25.7 Å². The van der Waals surface area contributed by atoms with Crippen molar-refractivity contribution in [1.82, 2.24) is 5.32 Å². The first-order valence-corrected chi connectivity index (χ1v) is 5.86. The molecular formula is C13H18N2O3. The molecule has 5 nitrogen and oxygen atoms in total. The van der Waals surface area contributed by atoms with Gasteiger partial charge in [0.25, 0.3) is 0 Å². The van der Waals surface area contributed by atoms with Crippen molar-refractivity contribution in [2.24, 2.45) is 0 Å². The lowest BCUT2D eigenvalue weighted by Crippen LogP contribution is -2.31. The van der Waals surface area contributed by atoms with Crippen LogP contribution in [0, 0.1) is 0 Å². The van der Waals surface area contributed by atoms with E-state index in [9.17, 15) is 9.59 Å². The second kappa shape index (κ2) is 7.32. The number of carboxylic acid groups (broad SMARTS) is 1. The average Bonchev–Trinajstić information content (AvgIpc) is 2.38. The van der Waals surface area contributed by atoms with Crippen LogP contribution in [0.3, 0.4) is 0 Å². The number of carbonyl (C=O) groups is 2. The van der Waals surface area contributed by atoms with Gasteiger partial charge in [-0.25, -0.2) is 0 Å². The number of amides is 1. The summed E-state index contributed by atoms with van der Waals surface area (Å²) in [6.45, 7) is 0.488. The summed E-state index contributed by atoms with van der Waals surface area (Å²) in [7, 11) is 1.59. The monoisotopic (exact) mass is 250 g/mol. The molecule has 0 aliphatic carbocycles. The third-order valence-electron chi connectivity index (χ3n) is 2.56. The molecule has 0 aliphatic rings. The van der Waals surface area contributed by atoms with Crippen molar-refractivity contribution in [3.63, 3.8) is 0 Å². The fourth-order valence-corrected chi connectivity index (χ4v) is 1.66. The lowest BCUT2D eigenvalue weighted by Gasteiger charge is -2.22. The molecule has 0 radical (unpaired) electrons. The number of aliphatic carboxylic acids is 1. The van der Waals surface area contributed by atoms with Crippen molar-refractivity contribution in [2.75, 3.05) is 25.0 Å². The van der Waals surface area contributed by atoms with Crippen LogP contribution < -0.4 is 10.2 Å². The summed E-state index contributed by atoms with van der Waals surface area (Å²) in [6.07, 6.45) is 1.03. The van der Waals surface area contributed by atoms with E-state index >= 15 is 0 Å². The van der Waals surface area contributed by atoms with Gasteiger partial charge in [0.05, 0.1) is 0 Å². The van der Waals surface area contributed by atoms with E-state index in [0.717, 1.165) is 5.69 Å². The van der Waals surface area contributed by atoms with Gasteiger partial charge in [-0.05, 0) is 18.6 Å². The molecule has 98 valence electrons. The molecule has 0 aliphatic heterocycles. The topological polar surface area (TPSA) is 69.6 Å². The molecule has 0 saturated heterocycles. The molecule has 0 spiro atoms. The minimum atomic E-state index is -0.876. The van der Waals surface area contributed by atoms with Crippen LogP contribution in [0.1, 0.15) is 12.8 Å². The number of carboxylic acids is 1. The smallest absolute Gasteiger partial charge is 0.323 e. The van der Waals surface area contributed by atoms with Crippen molar-refractivity contribution in [2.45, 2.75) is 12.8 Å². The Kier molecular flexibility index (Phi) is 5.70. The van der Waals surface area contributed by atoms with Crippen LogP contribution in [-0.2, 0) is 9.59 Å². The Bertz CT molecular complexity index is 392. The number of nitrogens with one attached hydrogen (secondary N) is 1. The van der Waals surface area contributed by atoms with Crippen molar-refractivity contribution in [3.8, 4) is 0 Å². The van der Waals surface area contributed by atoms with Crippen LogP contribution >= 0.6 is 0 Å². The number of rotatable bonds is 7. The maximum atomic E-state index is 11.1. The van der Waals surface area contributed by atoms with E-state index in [4.69, 9.17) is 5.11 Å². The first kappa shape index (κ1) is 14.0. The number of nitrogens with zero attached hydrogens (tertiary/aromatic N) is 1. The SMILES string of the molecule is CNC(=O)CCCN(CC(=O)O)c1ccccc1. The first-order chi connectivity index (χ1) is 8.63. The van der Waals surface area contributed by atoms with Crippen molar-refractivity contribution in [1.29, 1.82) is 0 Å². The van der Waals surface area contributed by atoms with Crippen LogP contribution in [0.2, 0.25) is 0 Å². The number of hydrogen-bond acceptors (Lipinski definition) is 3. The van der Waals surface area contributed by atoms with Gasteiger partial charge in [-0.3, -0.25) is 9.59 Å². The zero-order chi connectivity index (χ0) is 13.4. The zero-order valence-electron chi connectivity index (χ0n) is 10.4. The molecule has 1 aromatic rings. The van der Waals surface area contributed by atoms with E-state index in [0.29, 0.717) is 19.4 Å². The molecule has 1 rings (SSSR count). The second-order valence-corrected chi connectivity index (χ2v) is 3.93. The van der Waals surface area contributed by atoms with Crippen molar-refractivity contribution < 1.29 is 14.7 Å². The van der Waals surface area contributed by atoms with E-state index < -0.39 is 5.97 Å². The van der Waals surface area contributed by atoms with Crippen LogP contribution in [-0.4, -0.2) is 37.1 Å². The highest BCUT2D eigenvalue weighted by Gasteiger charge is 2.10. The molecular weight excluding hydrogens is 232 g/mol. The summed E-state index contributed by atoms with van der Waals surface area (Å²) in [5.41, 5.74) is 0.858. The highest BCUT2D eigenvalue weighted by molar-refractivity contribution is 5.76. The Balaban J connectivity index is 2.57. The molecule has 0 atom stereocenters. The van der Waals surface area contributed by atoms with Crippen LogP contribution in [0.15, 0.2) is 30.3 Å². The highest BCUT2D eigenvalue weighted by atomic mass is 16.4. The molecule has 0 bridgehead atoms. The number of anilines is 1.